The number of anilines is 1. The lowest BCUT2D eigenvalue weighted by Gasteiger charge is -2.35. The Bertz CT molecular complexity index is 725. The normalized spacial score (nSPS) is 17.1. The number of nitrogens with zero attached hydrogens (tertiary/aromatic N) is 4. The first-order valence-corrected chi connectivity index (χ1v) is 6.34. The third kappa shape index (κ3) is 1.58. The minimum Gasteiger partial charge on any atom is -0.365 e. The van der Waals surface area contributed by atoms with Crippen LogP contribution in [0.3, 0.4) is 0 Å². The van der Waals surface area contributed by atoms with E-state index in [2.05, 4.69) is 10.1 Å². The molecular formula is C13H13ClN4O. The van der Waals surface area contributed by atoms with Crippen LogP contribution in [-0.2, 0) is 7.05 Å². The molecule has 0 spiro atoms. The molecule has 19 heavy (non-hydrogen) atoms. The fraction of sp³-hybridized carbons (Fsp3) is 0.308. The number of halogens is 1. The first-order valence-electron chi connectivity index (χ1n) is 5.96. The third-order valence-electron chi connectivity index (χ3n) is 3.70. The average molecular weight is 277 g/mol. The van der Waals surface area contributed by atoms with Gasteiger partial charge >= 0.3 is 0 Å². The van der Waals surface area contributed by atoms with Crippen molar-refractivity contribution in [3.8, 4) is 11.1 Å². The SMILES string of the molecule is CC1c2cnn(C)c(=O)c2-c2ccnc(Cl)c2N1C. The van der Waals surface area contributed by atoms with Gasteiger partial charge in [0.05, 0.1) is 23.5 Å². The molecule has 2 aromatic heterocycles. The van der Waals surface area contributed by atoms with E-state index in [9.17, 15) is 4.79 Å². The highest BCUT2D eigenvalue weighted by Crippen LogP contribution is 2.44. The van der Waals surface area contributed by atoms with Crippen molar-refractivity contribution < 1.29 is 0 Å². The highest BCUT2D eigenvalue weighted by atomic mass is 35.5. The van der Waals surface area contributed by atoms with Crippen molar-refractivity contribution >= 4 is 17.3 Å². The van der Waals surface area contributed by atoms with Gasteiger partial charge in [-0.05, 0) is 13.0 Å². The topological polar surface area (TPSA) is 51.0 Å². The van der Waals surface area contributed by atoms with E-state index in [1.54, 1.807) is 19.4 Å². The fourth-order valence-corrected chi connectivity index (χ4v) is 2.80. The van der Waals surface area contributed by atoms with Crippen LogP contribution in [0.15, 0.2) is 23.3 Å². The predicted molar refractivity (Wildman–Crippen MR) is 74.5 cm³/mol. The van der Waals surface area contributed by atoms with Gasteiger partial charge < -0.3 is 4.90 Å². The second-order valence-electron chi connectivity index (χ2n) is 4.69. The van der Waals surface area contributed by atoms with Gasteiger partial charge in [0, 0.05) is 31.4 Å². The zero-order chi connectivity index (χ0) is 13.7. The molecule has 0 saturated heterocycles. The van der Waals surface area contributed by atoms with Crippen LogP contribution in [0.1, 0.15) is 18.5 Å². The lowest BCUT2D eigenvalue weighted by atomic mass is 9.92. The zero-order valence-electron chi connectivity index (χ0n) is 10.9. The van der Waals surface area contributed by atoms with Gasteiger partial charge in [0.25, 0.3) is 5.56 Å². The van der Waals surface area contributed by atoms with Gasteiger partial charge in [-0.25, -0.2) is 9.67 Å². The maximum atomic E-state index is 12.4. The van der Waals surface area contributed by atoms with Crippen LogP contribution in [0.25, 0.3) is 11.1 Å². The number of aromatic nitrogens is 3. The van der Waals surface area contributed by atoms with Crippen LogP contribution in [0.4, 0.5) is 5.69 Å². The molecule has 1 unspecified atom stereocenters. The Labute approximate surface area is 115 Å². The lowest BCUT2D eigenvalue weighted by molar-refractivity contribution is 0.666. The van der Waals surface area contributed by atoms with Crippen molar-refractivity contribution in [2.45, 2.75) is 13.0 Å². The molecular weight excluding hydrogens is 264 g/mol. The molecule has 1 atom stereocenters. The number of aryl methyl sites for hydroxylation is 1. The van der Waals surface area contributed by atoms with Crippen molar-refractivity contribution in [3.05, 3.63) is 39.5 Å². The van der Waals surface area contributed by atoms with E-state index in [-0.39, 0.29) is 11.6 Å². The Balaban J connectivity index is 2.45. The Morgan fingerprint density at radius 3 is 2.84 bits per heavy atom. The molecule has 98 valence electrons. The standard InChI is InChI=1S/C13H13ClN4O/c1-7-9-6-16-18(3)13(19)10(9)8-4-5-15-12(14)11(8)17(7)2/h4-7H,1-3H3. The van der Waals surface area contributed by atoms with Gasteiger partial charge in [0.2, 0.25) is 0 Å². The molecule has 1 aliphatic rings. The minimum atomic E-state index is -0.110. The minimum absolute atomic E-state index is 0.0330. The lowest BCUT2D eigenvalue weighted by Crippen LogP contribution is -2.32. The molecule has 0 amide bonds. The van der Waals surface area contributed by atoms with Crippen molar-refractivity contribution in [1.29, 1.82) is 0 Å². The van der Waals surface area contributed by atoms with Crippen molar-refractivity contribution in [2.75, 3.05) is 11.9 Å². The summed E-state index contributed by atoms with van der Waals surface area (Å²) < 4.78 is 1.34. The van der Waals surface area contributed by atoms with Crippen LogP contribution < -0.4 is 10.5 Å². The molecule has 0 N–H and O–H groups in total. The second kappa shape index (κ2) is 4.06. The van der Waals surface area contributed by atoms with E-state index in [0.29, 0.717) is 10.7 Å². The number of rotatable bonds is 0. The molecule has 0 fully saturated rings. The van der Waals surface area contributed by atoms with Crippen LogP contribution in [0, 0.1) is 0 Å². The summed E-state index contributed by atoms with van der Waals surface area (Å²) in [5.74, 6) is 0. The molecule has 0 radical (unpaired) electrons. The first kappa shape index (κ1) is 12.2. The quantitative estimate of drug-likeness (QED) is 0.691. The number of fused-ring (bicyclic) bond motifs is 3. The smallest absolute Gasteiger partial charge is 0.274 e. The van der Waals surface area contributed by atoms with Crippen LogP contribution >= 0.6 is 11.6 Å². The highest BCUT2D eigenvalue weighted by Gasteiger charge is 2.30. The number of hydrogen-bond donors (Lipinski definition) is 0. The summed E-state index contributed by atoms with van der Waals surface area (Å²) in [6.45, 7) is 2.02. The number of hydrogen-bond acceptors (Lipinski definition) is 4. The summed E-state index contributed by atoms with van der Waals surface area (Å²) in [5, 5.41) is 4.51. The summed E-state index contributed by atoms with van der Waals surface area (Å²) in [6.07, 6.45) is 3.36. The van der Waals surface area contributed by atoms with E-state index < -0.39 is 0 Å². The van der Waals surface area contributed by atoms with Crippen molar-refractivity contribution in [1.82, 2.24) is 14.8 Å². The Hall–Kier alpha value is -1.88. The largest absolute Gasteiger partial charge is 0.365 e. The summed E-state index contributed by atoms with van der Waals surface area (Å²) in [6, 6.07) is 1.86. The molecule has 1 aliphatic heterocycles. The summed E-state index contributed by atoms with van der Waals surface area (Å²) in [4.78, 5) is 18.5. The molecule has 2 aromatic rings. The van der Waals surface area contributed by atoms with Gasteiger partial charge in [-0.3, -0.25) is 4.79 Å². The fourth-order valence-electron chi connectivity index (χ4n) is 2.51. The van der Waals surface area contributed by atoms with E-state index in [1.807, 2.05) is 24.9 Å². The van der Waals surface area contributed by atoms with E-state index >= 15 is 0 Å². The highest BCUT2D eigenvalue weighted by molar-refractivity contribution is 6.32. The predicted octanol–water partition coefficient (Wildman–Crippen LogP) is 2.01. The van der Waals surface area contributed by atoms with Crippen molar-refractivity contribution in [3.63, 3.8) is 0 Å². The van der Waals surface area contributed by atoms with Crippen molar-refractivity contribution in [2.24, 2.45) is 7.05 Å². The van der Waals surface area contributed by atoms with Crippen LogP contribution in [-0.4, -0.2) is 21.8 Å². The van der Waals surface area contributed by atoms with Gasteiger partial charge in [-0.2, -0.15) is 5.10 Å². The molecule has 0 aromatic carbocycles. The zero-order valence-corrected chi connectivity index (χ0v) is 11.6. The van der Waals surface area contributed by atoms with E-state index in [0.717, 1.165) is 16.8 Å². The van der Waals surface area contributed by atoms with Gasteiger partial charge in [0.1, 0.15) is 0 Å². The Kier molecular flexibility index (Phi) is 2.60. The monoisotopic (exact) mass is 276 g/mol. The van der Waals surface area contributed by atoms with Crippen LogP contribution in [0.2, 0.25) is 5.15 Å². The van der Waals surface area contributed by atoms with Gasteiger partial charge in [0.15, 0.2) is 5.15 Å². The average Bonchev–Trinajstić information content (AvgIpc) is 2.39. The third-order valence-corrected chi connectivity index (χ3v) is 3.98. The molecule has 0 aliphatic carbocycles. The van der Waals surface area contributed by atoms with E-state index in [4.69, 9.17) is 11.6 Å². The van der Waals surface area contributed by atoms with Gasteiger partial charge in [-0.15, -0.1) is 0 Å². The molecule has 0 bridgehead atoms. The number of pyridine rings is 1. The first-order chi connectivity index (χ1) is 9.02. The Morgan fingerprint density at radius 2 is 2.11 bits per heavy atom. The summed E-state index contributed by atoms with van der Waals surface area (Å²) >= 11 is 6.18. The molecule has 3 rings (SSSR count). The molecule has 3 heterocycles. The van der Waals surface area contributed by atoms with E-state index in [1.165, 1.54) is 4.68 Å². The summed E-state index contributed by atoms with van der Waals surface area (Å²) in [7, 11) is 3.59. The second-order valence-corrected chi connectivity index (χ2v) is 5.05. The molecule has 6 heteroatoms. The molecule has 5 nitrogen and oxygen atoms in total. The maximum absolute atomic E-state index is 12.4. The maximum Gasteiger partial charge on any atom is 0.274 e. The van der Waals surface area contributed by atoms with Crippen LogP contribution in [0.5, 0.6) is 0 Å². The Morgan fingerprint density at radius 1 is 1.37 bits per heavy atom. The van der Waals surface area contributed by atoms with Gasteiger partial charge in [-0.1, -0.05) is 11.6 Å². The molecule has 0 saturated carbocycles. The summed E-state index contributed by atoms with van der Waals surface area (Å²) in [5.41, 5.74) is 3.09.